The number of amides is 1. The fourth-order valence-electron chi connectivity index (χ4n) is 2.04. The number of rotatable bonds is 3. The Morgan fingerprint density at radius 3 is 2.68 bits per heavy atom. The van der Waals surface area contributed by atoms with Gasteiger partial charge in [-0.15, -0.1) is 0 Å². The zero-order valence-electron chi connectivity index (χ0n) is 11.9. The molecule has 19 heavy (non-hydrogen) atoms. The number of carbonyl (C=O) groups is 1. The van der Waals surface area contributed by atoms with Gasteiger partial charge in [0.05, 0.1) is 6.54 Å². The minimum Gasteiger partial charge on any atom is -0.562 e. The van der Waals surface area contributed by atoms with Crippen molar-refractivity contribution in [2.24, 2.45) is 10.9 Å². The summed E-state index contributed by atoms with van der Waals surface area (Å²) in [6.45, 7) is 8.28. The Morgan fingerprint density at radius 1 is 1.37 bits per heavy atom. The standard InChI is InChI=1S/C12H22N5O2/c1-10(2)8-11(18)13-12-9-17(14-19-12)16-6-4-15(3)5-7-16/h10H,4-9H2,1-3H3/q-1. The fraction of sp³-hybridized carbons (Fsp3) is 0.833. The van der Waals surface area contributed by atoms with Crippen LogP contribution in [-0.4, -0.2) is 66.6 Å². The molecule has 2 heterocycles. The van der Waals surface area contributed by atoms with Crippen LogP contribution in [0.25, 0.3) is 5.59 Å². The minimum atomic E-state index is -0.138. The molecule has 0 aromatic rings. The van der Waals surface area contributed by atoms with Crippen molar-refractivity contribution in [2.45, 2.75) is 20.3 Å². The highest BCUT2D eigenvalue weighted by molar-refractivity contribution is 5.93. The lowest BCUT2D eigenvalue weighted by Gasteiger charge is -2.42. The van der Waals surface area contributed by atoms with E-state index in [0.717, 1.165) is 26.2 Å². The third-order valence-corrected chi connectivity index (χ3v) is 3.16. The van der Waals surface area contributed by atoms with Crippen LogP contribution in [0.5, 0.6) is 0 Å². The smallest absolute Gasteiger partial charge is 0.248 e. The van der Waals surface area contributed by atoms with Crippen molar-refractivity contribution in [2.75, 3.05) is 39.8 Å². The van der Waals surface area contributed by atoms with Crippen molar-refractivity contribution in [3.05, 3.63) is 5.59 Å². The lowest BCUT2D eigenvalue weighted by molar-refractivity contribution is -0.118. The highest BCUT2D eigenvalue weighted by atomic mass is 16.7. The summed E-state index contributed by atoms with van der Waals surface area (Å²) >= 11 is 0. The van der Waals surface area contributed by atoms with Gasteiger partial charge in [0.25, 0.3) is 0 Å². The average molecular weight is 268 g/mol. The number of hydrogen-bond donors (Lipinski definition) is 0. The first-order valence-corrected chi connectivity index (χ1v) is 6.74. The fourth-order valence-corrected chi connectivity index (χ4v) is 2.04. The predicted octanol–water partition coefficient (Wildman–Crippen LogP) is 0.656. The van der Waals surface area contributed by atoms with E-state index in [9.17, 15) is 4.79 Å². The number of carbonyl (C=O) groups excluding carboxylic acids is 1. The monoisotopic (exact) mass is 268 g/mol. The first kappa shape index (κ1) is 14.4. The van der Waals surface area contributed by atoms with Gasteiger partial charge in [-0.25, -0.2) is 0 Å². The van der Waals surface area contributed by atoms with Crippen molar-refractivity contribution in [3.63, 3.8) is 0 Å². The molecule has 2 rings (SSSR count). The maximum Gasteiger partial charge on any atom is 0.248 e. The number of nitrogens with zero attached hydrogens (tertiary/aromatic N) is 5. The van der Waals surface area contributed by atoms with Crippen molar-refractivity contribution >= 4 is 11.8 Å². The summed E-state index contributed by atoms with van der Waals surface area (Å²) in [7, 11) is 2.10. The Balaban J connectivity index is 1.82. The largest absolute Gasteiger partial charge is 0.562 e. The number of hydrogen-bond acceptors (Lipinski definition) is 5. The van der Waals surface area contributed by atoms with Crippen LogP contribution in [0.2, 0.25) is 0 Å². The molecule has 2 aliphatic heterocycles. The van der Waals surface area contributed by atoms with Crippen LogP contribution in [0.15, 0.2) is 4.99 Å². The Bertz CT molecular complexity index is 350. The number of hydrazine groups is 1. The minimum absolute atomic E-state index is 0.138. The molecule has 0 atom stereocenters. The maximum atomic E-state index is 11.6. The van der Waals surface area contributed by atoms with E-state index in [-0.39, 0.29) is 5.91 Å². The van der Waals surface area contributed by atoms with Crippen LogP contribution in [-0.2, 0) is 9.63 Å². The molecular formula is C12H22N5O2-. The van der Waals surface area contributed by atoms with Gasteiger partial charge in [0.2, 0.25) is 5.91 Å². The van der Waals surface area contributed by atoms with Crippen LogP contribution >= 0.6 is 0 Å². The van der Waals surface area contributed by atoms with Gasteiger partial charge >= 0.3 is 0 Å². The summed E-state index contributed by atoms with van der Waals surface area (Å²) in [4.78, 5) is 22.9. The summed E-state index contributed by atoms with van der Waals surface area (Å²) in [6, 6.07) is 0. The highest BCUT2D eigenvalue weighted by Crippen LogP contribution is 2.17. The van der Waals surface area contributed by atoms with Gasteiger partial charge in [-0.2, -0.15) is 4.99 Å². The van der Waals surface area contributed by atoms with Gasteiger partial charge < -0.3 is 20.4 Å². The molecule has 0 bridgehead atoms. The number of likely N-dealkylation sites (N-methyl/N-ethyl adjacent to an activating group) is 1. The zero-order chi connectivity index (χ0) is 13.8. The van der Waals surface area contributed by atoms with Crippen LogP contribution in [0, 0.1) is 5.92 Å². The topological polar surface area (TPSA) is 62.5 Å². The van der Waals surface area contributed by atoms with E-state index < -0.39 is 0 Å². The van der Waals surface area contributed by atoms with Gasteiger partial charge in [0, 0.05) is 32.6 Å². The van der Waals surface area contributed by atoms with Crippen molar-refractivity contribution < 1.29 is 9.63 Å². The Morgan fingerprint density at radius 2 is 2.05 bits per heavy atom. The number of aliphatic imine (C=N–C) groups is 1. The normalized spacial score (nSPS) is 25.2. The quantitative estimate of drug-likeness (QED) is 0.752. The predicted molar refractivity (Wildman–Crippen MR) is 72.1 cm³/mol. The van der Waals surface area contributed by atoms with Crippen LogP contribution in [0.4, 0.5) is 0 Å². The molecule has 0 aliphatic carbocycles. The van der Waals surface area contributed by atoms with E-state index in [1.54, 1.807) is 5.12 Å². The lowest BCUT2D eigenvalue weighted by atomic mass is 10.1. The Kier molecular flexibility index (Phi) is 4.87. The molecule has 7 nitrogen and oxygen atoms in total. The number of piperazine rings is 1. The summed E-state index contributed by atoms with van der Waals surface area (Å²) in [5.41, 5.74) is 3.96. The van der Waals surface area contributed by atoms with Gasteiger partial charge in [0.15, 0.2) is 5.90 Å². The van der Waals surface area contributed by atoms with E-state index in [1.165, 1.54) is 0 Å². The van der Waals surface area contributed by atoms with Gasteiger partial charge in [0.1, 0.15) is 0 Å². The molecule has 0 N–H and O–H groups in total. The van der Waals surface area contributed by atoms with Crippen LogP contribution in [0.1, 0.15) is 20.3 Å². The molecular weight excluding hydrogens is 246 g/mol. The molecule has 2 aliphatic rings. The first-order chi connectivity index (χ1) is 9.04. The summed E-state index contributed by atoms with van der Waals surface area (Å²) in [5.74, 6) is 0.564. The summed E-state index contributed by atoms with van der Waals surface area (Å²) in [5, 5.41) is 3.88. The SMILES string of the molecule is CC(C)CC(=O)N=C1CN(N2CCN(C)CC2)[N-]O1. The highest BCUT2D eigenvalue weighted by Gasteiger charge is 2.21. The van der Waals surface area contributed by atoms with E-state index in [2.05, 4.69) is 27.5 Å². The molecule has 0 saturated carbocycles. The Hall–Kier alpha value is -1.02. The van der Waals surface area contributed by atoms with Crippen molar-refractivity contribution in [3.8, 4) is 0 Å². The second-order valence-corrected chi connectivity index (χ2v) is 5.46. The lowest BCUT2D eigenvalue weighted by Crippen LogP contribution is -2.50. The molecule has 0 unspecified atom stereocenters. The molecule has 2 fully saturated rings. The Labute approximate surface area is 114 Å². The third-order valence-electron chi connectivity index (χ3n) is 3.16. The molecule has 0 aromatic carbocycles. The van der Waals surface area contributed by atoms with E-state index in [0.29, 0.717) is 24.8 Å². The summed E-state index contributed by atoms with van der Waals surface area (Å²) in [6.07, 6.45) is 0.446. The van der Waals surface area contributed by atoms with Crippen LogP contribution < -0.4 is 0 Å². The summed E-state index contributed by atoms with van der Waals surface area (Å²) < 4.78 is 0. The zero-order valence-corrected chi connectivity index (χ0v) is 11.9. The molecule has 7 heteroatoms. The molecule has 2 saturated heterocycles. The molecule has 108 valence electrons. The first-order valence-electron chi connectivity index (χ1n) is 6.74. The van der Waals surface area contributed by atoms with E-state index in [4.69, 9.17) is 4.84 Å². The van der Waals surface area contributed by atoms with E-state index >= 15 is 0 Å². The second kappa shape index (κ2) is 6.42. The maximum absolute atomic E-state index is 11.6. The third kappa shape index (κ3) is 4.24. The molecule has 0 aromatic heterocycles. The van der Waals surface area contributed by atoms with Crippen molar-refractivity contribution in [1.82, 2.24) is 15.0 Å². The van der Waals surface area contributed by atoms with Crippen LogP contribution in [0.3, 0.4) is 0 Å². The van der Waals surface area contributed by atoms with Crippen molar-refractivity contribution in [1.29, 1.82) is 0 Å². The average Bonchev–Trinajstić information content (AvgIpc) is 2.77. The second-order valence-electron chi connectivity index (χ2n) is 5.46. The van der Waals surface area contributed by atoms with E-state index in [1.807, 2.05) is 13.8 Å². The molecule has 0 spiro atoms. The van der Waals surface area contributed by atoms with Gasteiger partial charge in [-0.3, -0.25) is 9.80 Å². The van der Waals surface area contributed by atoms with Gasteiger partial charge in [-0.05, 0) is 13.0 Å². The molecule has 0 radical (unpaired) electrons. The molecule has 1 amide bonds. The van der Waals surface area contributed by atoms with Gasteiger partial charge in [-0.1, -0.05) is 13.8 Å².